The first-order valence-corrected chi connectivity index (χ1v) is 8.06. The summed E-state index contributed by atoms with van der Waals surface area (Å²) in [4.78, 5) is 6.96. The van der Waals surface area contributed by atoms with E-state index in [0.717, 1.165) is 25.5 Å². The van der Waals surface area contributed by atoms with Gasteiger partial charge in [0.1, 0.15) is 5.82 Å². The molecule has 1 aliphatic rings. The van der Waals surface area contributed by atoms with E-state index in [1.807, 2.05) is 12.4 Å². The number of ether oxygens (including phenoxy) is 1. The fourth-order valence-electron chi connectivity index (χ4n) is 3.40. The lowest BCUT2D eigenvalue weighted by Gasteiger charge is -2.33. The summed E-state index contributed by atoms with van der Waals surface area (Å²) in [5.74, 6) is 1.11. The summed E-state index contributed by atoms with van der Waals surface area (Å²) in [6.07, 6.45) is 7.63. The van der Waals surface area contributed by atoms with Crippen LogP contribution in [-0.2, 0) is 24.2 Å². The van der Waals surface area contributed by atoms with E-state index in [1.54, 1.807) is 7.11 Å². The SMILES string of the molecule is COCCn1ccnc1CN(C)[C@H]1CCCc2ccccc21. The second-order valence-electron chi connectivity index (χ2n) is 6.05. The zero-order valence-electron chi connectivity index (χ0n) is 13.5. The van der Waals surface area contributed by atoms with Crippen molar-refractivity contribution in [2.24, 2.45) is 0 Å². The topological polar surface area (TPSA) is 30.3 Å². The van der Waals surface area contributed by atoms with E-state index in [2.05, 4.69) is 45.8 Å². The highest BCUT2D eigenvalue weighted by atomic mass is 16.5. The lowest BCUT2D eigenvalue weighted by molar-refractivity contribution is 0.179. The van der Waals surface area contributed by atoms with E-state index in [1.165, 1.54) is 30.4 Å². The van der Waals surface area contributed by atoms with Gasteiger partial charge in [-0.05, 0) is 37.4 Å². The van der Waals surface area contributed by atoms with Gasteiger partial charge in [-0.15, -0.1) is 0 Å². The minimum Gasteiger partial charge on any atom is -0.383 e. The molecule has 4 nitrogen and oxygen atoms in total. The highest BCUT2D eigenvalue weighted by molar-refractivity contribution is 5.32. The summed E-state index contributed by atoms with van der Waals surface area (Å²) in [6, 6.07) is 9.36. The molecular formula is C18H25N3O. The van der Waals surface area contributed by atoms with E-state index >= 15 is 0 Å². The number of hydrogen-bond donors (Lipinski definition) is 0. The smallest absolute Gasteiger partial charge is 0.122 e. The van der Waals surface area contributed by atoms with Crippen molar-refractivity contribution < 1.29 is 4.74 Å². The Balaban J connectivity index is 1.73. The number of methoxy groups -OCH3 is 1. The van der Waals surface area contributed by atoms with Gasteiger partial charge in [-0.3, -0.25) is 4.90 Å². The maximum Gasteiger partial charge on any atom is 0.122 e. The van der Waals surface area contributed by atoms with Crippen molar-refractivity contribution in [3.8, 4) is 0 Å². The van der Waals surface area contributed by atoms with E-state index in [4.69, 9.17) is 4.74 Å². The van der Waals surface area contributed by atoms with Gasteiger partial charge in [-0.1, -0.05) is 24.3 Å². The molecule has 0 fully saturated rings. The summed E-state index contributed by atoms with van der Waals surface area (Å²) in [5.41, 5.74) is 3.00. The molecule has 2 aromatic rings. The molecule has 0 bridgehead atoms. The van der Waals surface area contributed by atoms with Crippen LogP contribution in [0.15, 0.2) is 36.7 Å². The molecule has 0 saturated carbocycles. The van der Waals surface area contributed by atoms with Crippen molar-refractivity contribution in [2.75, 3.05) is 20.8 Å². The summed E-state index contributed by atoms with van der Waals surface area (Å²) in [5, 5.41) is 0. The van der Waals surface area contributed by atoms with Crippen molar-refractivity contribution in [1.82, 2.24) is 14.5 Å². The van der Waals surface area contributed by atoms with Crippen LogP contribution >= 0.6 is 0 Å². The molecule has 0 spiro atoms. The Hall–Kier alpha value is -1.65. The maximum atomic E-state index is 5.18. The summed E-state index contributed by atoms with van der Waals surface area (Å²) >= 11 is 0. The van der Waals surface area contributed by atoms with Crippen LogP contribution in [0.2, 0.25) is 0 Å². The highest BCUT2D eigenvalue weighted by Gasteiger charge is 2.24. The van der Waals surface area contributed by atoms with Gasteiger partial charge in [0.15, 0.2) is 0 Å². The molecule has 22 heavy (non-hydrogen) atoms. The molecule has 0 amide bonds. The number of aromatic nitrogens is 2. The number of aryl methyl sites for hydroxylation is 1. The van der Waals surface area contributed by atoms with E-state index < -0.39 is 0 Å². The molecule has 0 unspecified atom stereocenters. The van der Waals surface area contributed by atoms with Crippen LogP contribution in [0.25, 0.3) is 0 Å². The van der Waals surface area contributed by atoms with E-state index in [0.29, 0.717) is 6.04 Å². The first kappa shape index (κ1) is 15.3. The number of imidazole rings is 1. The average molecular weight is 299 g/mol. The molecular weight excluding hydrogens is 274 g/mol. The standard InChI is InChI=1S/C18H25N3O/c1-20(14-18-19-10-11-21(18)12-13-22-2)17-9-5-7-15-6-3-4-8-16(15)17/h3-4,6,8,10-11,17H,5,7,9,12-14H2,1-2H3/t17-/m0/s1. The van der Waals surface area contributed by atoms with Gasteiger partial charge in [0.2, 0.25) is 0 Å². The average Bonchev–Trinajstić information content (AvgIpc) is 2.99. The minimum absolute atomic E-state index is 0.498. The quantitative estimate of drug-likeness (QED) is 0.821. The van der Waals surface area contributed by atoms with Gasteiger partial charge >= 0.3 is 0 Å². The second-order valence-corrected chi connectivity index (χ2v) is 6.05. The number of rotatable bonds is 6. The van der Waals surface area contributed by atoms with Crippen molar-refractivity contribution in [3.63, 3.8) is 0 Å². The van der Waals surface area contributed by atoms with Crippen LogP contribution in [-0.4, -0.2) is 35.2 Å². The third-order valence-electron chi connectivity index (χ3n) is 4.60. The van der Waals surface area contributed by atoms with Gasteiger partial charge in [0.05, 0.1) is 13.2 Å². The molecule has 0 saturated heterocycles. The largest absolute Gasteiger partial charge is 0.383 e. The number of hydrogen-bond acceptors (Lipinski definition) is 3. The maximum absolute atomic E-state index is 5.18. The fraction of sp³-hybridized carbons (Fsp3) is 0.500. The van der Waals surface area contributed by atoms with E-state index in [9.17, 15) is 0 Å². The number of nitrogens with zero attached hydrogens (tertiary/aromatic N) is 3. The van der Waals surface area contributed by atoms with Gasteiger partial charge < -0.3 is 9.30 Å². The van der Waals surface area contributed by atoms with E-state index in [-0.39, 0.29) is 0 Å². The molecule has 0 aliphatic heterocycles. The second kappa shape index (κ2) is 7.07. The normalized spacial score (nSPS) is 17.7. The molecule has 1 atom stereocenters. The van der Waals surface area contributed by atoms with Crippen molar-refractivity contribution in [1.29, 1.82) is 0 Å². The van der Waals surface area contributed by atoms with Crippen molar-refractivity contribution in [2.45, 2.75) is 38.4 Å². The van der Waals surface area contributed by atoms with Gasteiger partial charge in [0.25, 0.3) is 0 Å². The third-order valence-corrected chi connectivity index (χ3v) is 4.60. The van der Waals surface area contributed by atoms with Crippen LogP contribution in [0, 0.1) is 0 Å². The predicted molar refractivity (Wildman–Crippen MR) is 87.7 cm³/mol. The fourth-order valence-corrected chi connectivity index (χ4v) is 3.40. The molecule has 1 aromatic carbocycles. The first-order valence-electron chi connectivity index (χ1n) is 8.06. The predicted octanol–water partition coefficient (Wildman–Crippen LogP) is 3.04. The molecule has 118 valence electrons. The molecule has 0 radical (unpaired) electrons. The Morgan fingerprint density at radius 3 is 3.09 bits per heavy atom. The Morgan fingerprint density at radius 1 is 1.36 bits per heavy atom. The van der Waals surface area contributed by atoms with Gasteiger partial charge in [0, 0.05) is 32.1 Å². The lowest BCUT2D eigenvalue weighted by atomic mass is 9.87. The number of benzene rings is 1. The zero-order chi connectivity index (χ0) is 15.4. The summed E-state index contributed by atoms with van der Waals surface area (Å²) in [6.45, 7) is 2.45. The third kappa shape index (κ3) is 3.23. The molecule has 1 aliphatic carbocycles. The minimum atomic E-state index is 0.498. The highest BCUT2D eigenvalue weighted by Crippen LogP contribution is 2.33. The monoisotopic (exact) mass is 299 g/mol. The van der Waals surface area contributed by atoms with Gasteiger partial charge in [-0.2, -0.15) is 0 Å². The van der Waals surface area contributed by atoms with Gasteiger partial charge in [-0.25, -0.2) is 4.98 Å². The molecule has 3 rings (SSSR count). The Bertz CT molecular complexity index is 608. The molecule has 1 heterocycles. The van der Waals surface area contributed by atoms with Crippen LogP contribution in [0.3, 0.4) is 0 Å². The van der Waals surface area contributed by atoms with Crippen LogP contribution in [0.1, 0.15) is 35.8 Å². The number of fused-ring (bicyclic) bond motifs is 1. The van der Waals surface area contributed by atoms with Crippen molar-refractivity contribution in [3.05, 3.63) is 53.6 Å². The Kier molecular flexibility index (Phi) is 4.90. The zero-order valence-corrected chi connectivity index (χ0v) is 13.5. The van der Waals surface area contributed by atoms with Crippen molar-refractivity contribution >= 4 is 0 Å². The Labute approximate surface area is 132 Å². The van der Waals surface area contributed by atoms with Crippen LogP contribution < -0.4 is 0 Å². The first-order chi connectivity index (χ1) is 10.8. The van der Waals surface area contributed by atoms with Crippen LogP contribution in [0.5, 0.6) is 0 Å². The summed E-state index contributed by atoms with van der Waals surface area (Å²) in [7, 11) is 3.95. The lowest BCUT2D eigenvalue weighted by Crippen LogP contribution is -2.28. The van der Waals surface area contributed by atoms with Crippen LogP contribution in [0.4, 0.5) is 0 Å². The molecule has 0 N–H and O–H groups in total. The summed E-state index contributed by atoms with van der Waals surface area (Å²) < 4.78 is 7.36. The molecule has 4 heteroatoms. The molecule has 1 aromatic heterocycles. The Morgan fingerprint density at radius 2 is 2.23 bits per heavy atom.